The summed E-state index contributed by atoms with van der Waals surface area (Å²) in [6.07, 6.45) is 7.58. The summed E-state index contributed by atoms with van der Waals surface area (Å²) in [5.41, 5.74) is 14.3. The van der Waals surface area contributed by atoms with Crippen LogP contribution in [0.4, 0.5) is 0 Å². The van der Waals surface area contributed by atoms with E-state index in [0.717, 1.165) is 6.42 Å². The van der Waals surface area contributed by atoms with E-state index < -0.39 is 21.3 Å². The van der Waals surface area contributed by atoms with Crippen LogP contribution >= 0.6 is 0 Å². The molecule has 2 aromatic carbocycles. The van der Waals surface area contributed by atoms with E-state index >= 15 is 0 Å². The van der Waals surface area contributed by atoms with Crippen molar-refractivity contribution in [2.75, 3.05) is 0 Å². The minimum Gasteiger partial charge on any atom is -1.00 e. The van der Waals surface area contributed by atoms with Crippen LogP contribution in [0.1, 0.15) is 123 Å². The van der Waals surface area contributed by atoms with Crippen LogP contribution in [-0.4, -0.2) is 3.21 Å². The zero-order chi connectivity index (χ0) is 28.5. The van der Waals surface area contributed by atoms with E-state index in [9.17, 15) is 0 Å². The predicted octanol–water partition coefficient (Wildman–Crippen LogP) is 3.83. The average Bonchev–Trinajstić information content (AvgIpc) is 3.33. The summed E-state index contributed by atoms with van der Waals surface area (Å²) in [5.74, 6) is 0.598. The third-order valence-electron chi connectivity index (χ3n) is 8.85. The Morgan fingerprint density at radius 1 is 0.800 bits per heavy atom. The Morgan fingerprint density at radius 3 is 1.82 bits per heavy atom. The first-order chi connectivity index (χ1) is 17.4. The molecule has 40 heavy (non-hydrogen) atoms. The third kappa shape index (κ3) is 6.43. The molecule has 0 N–H and O–H groups in total. The summed E-state index contributed by atoms with van der Waals surface area (Å²) in [6, 6.07) is 7.66. The zero-order valence-electron chi connectivity index (χ0n) is 27.6. The molecular weight excluding hydrogens is 607 g/mol. The molecule has 218 valence electrons. The van der Waals surface area contributed by atoms with Crippen LogP contribution in [0, 0.1) is 25.2 Å². The Labute approximate surface area is 266 Å². The molecule has 2 aliphatic rings. The molecule has 4 rings (SSSR count). The SMILES string of the molecule is CCC1C=C(C(C)(C)C)C=[C]1[Zr+2](=[C](C)C)[c]1c(C)c(C(C)(C)C)cc2c1Cc1cc(C)c(C(C)(C)C)cc1-2.[Cl-].[Cl-]. The molecule has 0 fully saturated rings. The van der Waals surface area contributed by atoms with E-state index in [1.807, 2.05) is 0 Å². The molecule has 0 amide bonds. The number of benzene rings is 2. The number of fused-ring (bicyclic) bond motifs is 3. The second-order valence-corrected chi connectivity index (χ2v) is 22.3. The van der Waals surface area contributed by atoms with Crippen LogP contribution in [0.3, 0.4) is 0 Å². The molecule has 0 heterocycles. The van der Waals surface area contributed by atoms with Crippen molar-refractivity contribution in [3.8, 4) is 11.1 Å². The molecule has 0 bridgehead atoms. The average molecular weight is 659 g/mol. The smallest absolute Gasteiger partial charge is 1.00 e. The van der Waals surface area contributed by atoms with Gasteiger partial charge in [0.15, 0.2) is 0 Å². The van der Waals surface area contributed by atoms with Gasteiger partial charge >= 0.3 is 243 Å². The van der Waals surface area contributed by atoms with Gasteiger partial charge in [0.25, 0.3) is 0 Å². The number of halogens is 2. The largest absolute Gasteiger partial charge is 1.00 e. The van der Waals surface area contributed by atoms with Gasteiger partial charge in [-0.3, -0.25) is 0 Å². The summed E-state index contributed by atoms with van der Waals surface area (Å²) in [6.45, 7) is 33.5. The van der Waals surface area contributed by atoms with Gasteiger partial charge in [0.1, 0.15) is 0 Å². The normalized spacial score (nSPS) is 16.2. The minimum absolute atomic E-state index is 0. The topological polar surface area (TPSA) is 0 Å². The molecule has 2 aliphatic carbocycles. The van der Waals surface area contributed by atoms with Crippen molar-refractivity contribution < 1.29 is 46.1 Å². The van der Waals surface area contributed by atoms with E-state index in [2.05, 4.69) is 127 Å². The number of aryl methyl sites for hydroxylation is 1. The summed E-state index contributed by atoms with van der Waals surface area (Å²) < 4.78 is 5.30. The molecule has 0 aromatic heterocycles. The Morgan fingerprint density at radius 2 is 1.35 bits per heavy atom. The standard InChI is InChI=1S/C23H29.C11H17.C3H6.2ClH.Zr/c1-14-9-16-11-17-10-15(2)21(23(6,7)8)13-19(17)18(16)12-20(14)22(3,4)5;1-5-9-6-7-10(8-9)11(2,3)4;1-3-2;;;/h9,12-13H,11H2,1-8H3;7-9H,5H2,1-4H3;1-2H3;2*1H;/q;;;;;+2/p-2. The van der Waals surface area contributed by atoms with Gasteiger partial charge in [0.05, 0.1) is 0 Å². The van der Waals surface area contributed by atoms with Crippen molar-refractivity contribution >= 4 is 6.48 Å². The first kappa shape index (κ1) is 35.4. The van der Waals surface area contributed by atoms with Crippen molar-refractivity contribution in [2.45, 2.75) is 121 Å². The predicted molar refractivity (Wildman–Crippen MR) is 167 cm³/mol. The van der Waals surface area contributed by atoms with E-state index in [4.69, 9.17) is 0 Å². The van der Waals surface area contributed by atoms with Crippen LogP contribution in [-0.2, 0) is 38.5 Å². The van der Waals surface area contributed by atoms with Gasteiger partial charge in [-0.2, -0.15) is 0 Å². The quantitative estimate of drug-likeness (QED) is 0.402. The fourth-order valence-electron chi connectivity index (χ4n) is 6.91. The molecule has 0 aliphatic heterocycles. The second kappa shape index (κ2) is 12.1. The van der Waals surface area contributed by atoms with Crippen molar-refractivity contribution in [3.63, 3.8) is 0 Å². The molecule has 0 saturated heterocycles. The first-order valence-electron chi connectivity index (χ1n) is 14.8. The van der Waals surface area contributed by atoms with Gasteiger partial charge in [0.2, 0.25) is 0 Å². The van der Waals surface area contributed by atoms with Crippen LogP contribution in [0.15, 0.2) is 39.2 Å². The molecule has 0 radical (unpaired) electrons. The molecule has 1 unspecified atom stereocenters. The second-order valence-electron chi connectivity index (χ2n) is 15.3. The van der Waals surface area contributed by atoms with Gasteiger partial charge in [-0.05, 0) is 0 Å². The summed E-state index contributed by atoms with van der Waals surface area (Å²) in [5, 5.41) is 0. The molecule has 0 spiro atoms. The minimum atomic E-state index is -2.34. The van der Waals surface area contributed by atoms with E-state index in [1.165, 1.54) is 34.2 Å². The molecule has 3 heteroatoms. The van der Waals surface area contributed by atoms with E-state index in [-0.39, 0.29) is 41.1 Å². The van der Waals surface area contributed by atoms with Crippen LogP contribution < -0.4 is 28.1 Å². The maximum atomic E-state index is 2.66. The van der Waals surface area contributed by atoms with Gasteiger partial charge in [-0.15, -0.1) is 0 Å². The van der Waals surface area contributed by atoms with Crippen molar-refractivity contribution in [2.24, 2.45) is 11.3 Å². The van der Waals surface area contributed by atoms with E-state index in [1.54, 1.807) is 32.0 Å². The number of hydrogen-bond acceptors (Lipinski definition) is 0. The molecule has 0 nitrogen and oxygen atoms in total. The fourth-order valence-corrected chi connectivity index (χ4v) is 15.2. The summed E-state index contributed by atoms with van der Waals surface area (Å²) in [4.78, 5) is 0. The van der Waals surface area contributed by atoms with Gasteiger partial charge < -0.3 is 24.8 Å². The van der Waals surface area contributed by atoms with Crippen molar-refractivity contribution in [1.29, 1.82) is 0 Å². The van der Waals surface area contributed by atoms with Crippen LogP contribution in [0.2, 0.25) is 0 Å². The Bertz CT molecular complexity index is 1390. The number of hydrogen-bond donors (Lipinski definition) is 0. The number of rotatable bonds is 3. The van der Waals surface area contributed by atoms with Gasteiger partial charge in [-0.25, -0.2) is 0 Å². The Kier molecular flexibility index (Phi) is 10.7. The van der Waals surface area contributed by atoms with Crippen molar-refractivity contribution in [3.05, 3.63) is 72.6 Å². The summed E-state index contributed by atoms with van der Waals surface area (Å²) in [7, 11) is 0. The van der Waals surface area contributed by atoms with Crippen LogP contribution in [0.25, 0.3) is 11.1 Å². The number of allylic oxidation sites excluding steroid dienone is 4. The Balaban J connectivity index is 0.00000280. The molecule has 2 aromatic rings. The van der Waals surface area contributed by atoms with Gasteiger partial charge in [-0.1, -0.05) is 0 Å². The molecule has 0 saturated carbocycles. The monoisotopic (exact) mass is 656 g/mol. The maximum absolute atomic E-state index is 2.66. The maximum Gasteiger partial charge on any atom is -1.00 e. The van der Waals surface area contributed by atoms with E-state index in [0.29, 0.717) is 5.92 Å². The van der Waals surface area contributed by atoms with Crippen LogP contribution in [0.5, 0.6) is 0 Å². The zero-order valence-corrected chi connectivity index (χ0v) is 31.6. The van der Waals surface area contributed by atoms with Gasteiger partial charge in [0, 0.05) is 0 Å². The molecular formula is C37H52Cl2Zr. The Hall–Kier alpha value is -0.747. The summed E-state index contributed by atoms with van der Waals surface area (Å²) >= 11 is -2.34. The fraction of sp³-hybridized carbons (Fsp3) is 0.541. The first-order valence-corrected chi connectivity index (χ1v) is 18.5. The molecule has 1 atom stereocenters. The third-order valence-corrected chi connectivity index (χ3v) is 16.9. The van der Waals surface area contributed by atoms with Crippen molar-refractivity contribution in [1.82, 2.24) is 0 Å².